The average Bonchev–Trinajstić information content (AvgIpc) is 3.46. The normalized spacial score (nSPS) is 11.3. The van der Waals surface area contributed by atoms with E-state index in [1.165, 1.54) is 16.9 Å². The smallest absolute Gasteiger partial charge is 0.246 e. The zero-order valence-electron chi connectivity index (χ0n) is 17.9. The fourth-order valence-corrected chi connectivity index (χ4v) is 4.59. The summed E-state index contributed by atoms with van der Waals surface area (Å²) in [6.07, 6.45) is 3.97. The maximum Gasteiger partial charge on any atom is 0.246 e. The lowest BCUT2D eigenvalue weighted by molar-refractivity contribution is -0.120. The van der Waals surface area contributed by atoms with Gasteiger partial charge in [-0.3, -0.25) is 4.79 Å². The third-order valence-corrected chi connectivity index (χ3v) is 6.26. The quantitative estimate of drug-likeness (QED) is 0.263. The number of carbonyl (C=O) groups is 1. The van der Waals surface area contributed by atoms with Crippen LogP contribution in [-0.4, -0.2) is 21.7 Å². The highest BCUT2D eigenvalue weighted by molar-refractivity contribution is 7.13. The van der Waals surface area contributed by atoms with Gasteiger partial charge in [0.2, 0.25) is 5.91 Å². The molecule has 2 heterocycles. The van der Waals surface area contributed by atoms with E-state index in [4.69, 9.17) is 0 Å². The van der Waals surface area contributed by atoms with Gasteiger partial charge >= 0.3 is 0 Å². The summed E-state index contributed by atoms with van der Waals surface area (Å²) in [4.78, 5) is 17.0. The Balaban J connectivity index is 1.26. The van der Waals surface area contributed by atoms with E-state index in [2.05, 4.69) is 50.5 Å². The molecule has 0 aliphatic rings. The summed E-state index contributed by atoms with van der Waals surface area (Å²) in [5.74, 6) is -0.191. The minimum absolute atomic E-state index is 0.191. The Morgan fingerprint density at radius 3 is 2.52 bits per heavy atom. The monoisotopic (exact) mass is 450 g/mol. The molecule has 5 nitrogen and oxygen atoms in total. The van der Waals surface area contributed by atoms with Crippen molar-refractivity contribution in [3.63, 3.8) is 0 Å². The number of hydrogen-bond acceptors (Lipinski definition) is 4. The molecule has 162 valence electrons. The molecule has 0 fully saturated rings. The summed E-state index contributed by atoms with van der Waals surface area (Å²) in [7, 11) is 0. The molecule has 3 aromatic carbocycles. The first-order valence-electron chi connectivity index (χ1n) is 10.7. The Labute approximate surface area is 196 Å². The van der Waals surface area contributed by atoms with E-state index < -0.39 is 0 Å². The van der Waals surface area contributed by atoms with Gasteiger partial charge in [0, 0.05) is 40.2 Å². The number of para-hydroxylation sites is 1. The summed E-state index contributed by atoms with van der Waals surface area (Å²) >= 11 is 1.54. The van der Waals surface area contributed by atoms with Crippen LogP contribution in [0.15, 0.2) is 102 Å². The van der Waals surface area contributed by atoms with Gasteiger partial charge < -0.3 is 4.57 Å². The van der Waals surface area contributed by atoms with E-state index in [0.29, 0.717) is 0 Å². The lowest BCUT2D eigenvalue weighted by atomic mass is 10.2. The van der Waals surface area contributed by atoms with Crippen molar-refractivity contribution in [2.75, 3.05) is 0 Å². The number of nitrogens with one attached hydrogen (secondary N) is 1. The number of aromatic nitrogens is 2. The molecular weight excluding hydrogens is 428 g/mol. The molecule has 0 radical (unpaired) electrons. The first kappa shape index (κ1) is 20.8. The number of nitrogens with zero attached hydrogens (tertiary/aromatic N) is 3. The standard InChI is InChI=1S/C27H22N4OS/c32-26(15-23-19-33-27(29-23)21-11-5-2-6-12-21)30-28-16-22-18-31(17-20-9-3-1-4-10-20)25-14-8-7-13-24(22)25/h1-14,16,18-19H,15,17H2,(H,30,32). The van der Waals surface area contributed by atoms with Crippen LogP contribution < -0.4 is 5.43 Å². The van der Waals surface area contributed by atoms with Gasteiger partial charge in [0.05, 0.1) is 18.3 Å². The van der Waals surface area contributed by atoms with Crippen molar-refractivity contribution in [1.29, 1.82) is 0 Å². The van der Waals surface area contributed by atoms with Gasteiger partial charge in [-0.1, -0.05) is 78.9 Å². The van der Waals surface area contributed by atoms with Gasteiger partial charge in [0.1, 0.15) is 5.01 Å². The minimum Gasteiger partial charge on any atom is -0.342 e. The Morgan fingerprint density at radius 1 is 0.970 bits per heavy atom. The highest BCUT2D eigenvalue weighted by atomic mass is 32.1. The highest BCUT2D eigenvalue weighted by Crippen LogP contribution is 2.23. The molecule has 5 aromatic rings. The molecular formula is C27H22N4OS. The fraction of sp³-hybridized carbons (Fsp3) is 0.0741. The van der Waals surface area contributed by atoms with Gasteiger partial charge in [0.25, 0.3) is 0 Å². The average molecular weight is 451 g/mol. The summed E-state index contributed by atoms with van der Waals surface area (Å²) in [5, 5.41) is 8.14. The van der Waals surface area contributed by atoms with Gasteiger partial charge in [-0.05, 0) is 11.6 Å². The van der Waals surface area contributed by atoms with Crippen LogP contribution >= 0.6 is 11.3 Å². The predicted molar refractivity (Wildman–Crippen MR) is 134 cm³/mol. The van der Waals surface area contributed by atoms with Crippen LogP contribution in [0, 0.1) is 0 Å². The number of carbonyl (C=O) groups excluding carboxylic acids is 1. The highest BCUT2D eigenvalue weighted by Gasteiger charge is 2.10. The number of hydrazone groups is 1. The number of hydrogen-bond donors (Lipinski definition) is 1. The molecule has 0 aliphatic heterocycles. The molecule has 0 unspecified atom stereocenters. The van der Waals surface area contributed by atoms with Crippen molar-refractivity contribution in [2.45, 2.75) is 13.0 Å². The predicted octanol–water partition coefficient (Wildman–Crippen LogP) is 5.51. The van der Waals surface area contributed by atoms with E-state index in [1.807, 2.05) is 66.0 Å². The Morgan fingerprint density at radius 2 is 1.70 bits per heavy atom. The number of benzene rings is 3. The van der Waals surface area contributed by atoms with Gasteiger partial charge in [-0.25, -0.2) is 10.4 Å². The molecule has 0 saturated carbocycles. The first-order valence-corrected chi connectivity index (χ1v) is 11.6. The summed E-state index contributed by atoms with van der Waals surface area (Å²) < 4.78 is 2.20. The van der Waals surface area contributed by atoms with E-state index in [0.717, 1.165) is 39.3 Å². The number of rotatable bonds is 7. The first-order chi connectivity index (χ1) is 16.3. The zero-order chi connectivity index (χ0) is 22.5. The van der Waals surface area contributed by atoms with Crippen LogP contribution in [-0.2, 0) is 17.8 Å². The second-order valence-electron chi connectivity index (χ2n) is 7.70. The summed E-state index contributed by atoms with van der Waals surface area (Å²) in [5.41, 5.74) is 7.75. The zero-order valence-corrected chi connectivity index (χ0v) is 18.7. The third kappa shape index (κ3) is 4.91. The van der Waals surface area contributed by atoms with E-state index in [1.54, 1.807) is 6.21 Å². The minimum atomic E-state index is -0.191. The maximum atomic E-state index is 12.4. The number of thiazole rings is 1. The molecule has 0 spiro atoms. The van der Waals surface area contributed by atoms with E-state index in [-0.39, 0.29) is 12.3 Å². The SMILES string of the molecule is O=C(Cc1csc(-c2ccccc2)n1)NN=Cc1cn(Cc2ccccc2)c2ccccc12. The van der Waals surface area contributed by atoms with Crippen LogP contribution in [0.2, 0.25) is 0 Å². The second kappa shape index (κ2) is 9.63. The Kier molecular flexibility index (Phi) is 6.08. The molecule has 5 rings (SSSR count). The molecule has 0 saturated heterocycles. The van der Waals surface area contributed by atoms with Gasteiger partial charge in [-0.2, -0.15) is 5.10 Å². The van der Waals surface area contributed by atoms with Crippen molar-refractivity contribution in [3.8, 4) is 10.6 Å². The molecule has 0 atom stereocenters. The van der Waals surface area contributed by atoms with Crippen LogP contribution in [0.1, 0.15) is 16.8 Å². The molecule has 33 heavy (non-hydrogen) atoms. The third-order valence-electron chi connectivity index (χ3n) is 5.32. The Hall–Kier alpha value is -4.03. The van der Waals surface area contributed by atoms with E-state index >= 15 is 0 Å². The lowest BCUT2D eigenvalue weighted by Crippen LogP contribution is -2.19. The Bertz CT molecular complexity index is 1400. The topological polar surface area (TPSA) is 59.3 Å². The summed E-state index contributed by atoms with van der Waals surface area (Å²) in [6.45, 7) is 0.773. The fourth-order valence-electron chi connectivity index (χ4n) is 3.77. The molecule has 1 N–H and O–H groups in total. The van der Waals surface area contributed by atoms with Crippen LogP contribution in [0.5, 0.6) is 0 Å². The van der Waals surface area contributed by atoms with Crippen molar-refractivity contribution in [3.05, 3.63) is 113 Å². The largest absolute Gasteiger partial charge is 0.342 e. The van der Waals surface area contributed by atoms with E-state index in [9.17, 15) is 4.79 Å². The molecule has 0 bridgehead atoms. The van der Waals surface area contributed by atoms with Gasteiger partial charge in [-0.15, -0.1) is 11.3 Å². The molecule has 0 aliphatic carbocycles. The van der Waals surface area contributed by atoms with Crippen LogP contribution in [0.4, 0.5) is 0 Å². The summed E-state index contributed by atoms with van der Waals surface area (Å²) in [6, 6.07) is 28.5. The van der Waals surface area contributed by atoms with Crippen molar-refractivity contribution >= 4 is 34.4 Å². The van der Waals surface area contributed by atoms with Gasteiger partial charge in [0.15, 0.2) is 0 Å². The second-order valence-corrected chi connectivity index (χ2v) is 8.55. The molecule has 2 aromatic heterocycles. The maximum absolute atomic E-state index is 12.4. The van der Waals surface area contributed by atoms with Crippen molar-refractivity contribution in [1.82, 2.24) is 15.0 Å². The number of fused-ring (bicyclic) bond motifs is 1. The van der Waals surface area contributed by atoms with Crippen LogP contribution in [0.25, 0.3) is 21.5 Å². The number of amides is 1. The van der Waals surface area contributed by atoms with Crippen molar-refractivity contribution in [2.24, 2.45) is 5.10 Å². The molecule has 6 heteroatoms. The van der Waals surface area contributed by atoms with Crippen molar-refractivity contribution < 1.29 is 4.79 Å². The molecule has 1 amide bonds. The van der Waals surface area contributed by atoms with Crippen LogP contribution in [0.3, 0.4) is 0 Å². The lowest BCUT2D eigenvalue weighted by Gasteiger charge is -2.05.